The van der Waals surface area contributed by atoms with Crippen LogP contribution in [0.2, 0.25) is 0 Å². The molecule has 15 heavy (non-hydrogen) atoms. The van der Waals surface area contributed by atoms with Gasteiger partial charge in [-0.05, 0) is 20.0 Å². The summed E-state index contributed by atoms with van der Waals surface area (Å²) in [4.78, 5) is 11.2. The van der Waals surface area contributed by atoms with E-state index < -0.39 is 0 Å². The van der Waals surface area contributed by atoms with Crippen LogP contribution in [0.5, 0.6) is 0 Å². The normalized spacial score (nSPS) is 10.3. The van der Waals surface area contributed by atoms with Crippen molar-refractivity contribution in [2.45, 2.75) is 12.8 Å². The molecular weight excluding hydrogens is 196 g/mol. The number of amides is 1. The molecule has 0 aliphatic rings. The van der Waals surface area contributed by atoms with Crippen LogP contribution < -0.4 is 10.6 Å². The van der Waals surface area contributed by atoms with E-state index in [0.29, 0.717) is 32.8 Å². The van der Waals surface area contributed by atoms with Gasteiger partial charge >= 0.3 is 0 Å². The van der Waals surface area contributed by atoms with E-state index in [9.17, 15) is 4.79 Å². The first kappa shape index (κ1) is 14.3. The number of methoxy groups -OCH3 is 1. The van der Waals surface area contributed by atoms with Gasteiger partial charge in [-0.2, -0.15) is 0 Å². The Labute approximate surface area is 91.5 Å². The molecule has 0 bridgehead atoms. The third-order valence-electron chi connectivity index (χ3n) is 1.83. The van der Waals surface area contributed by atoms with Crippen LogP contribution in [0.4, 0.5) is 0 Å². The van der Waals surface area contributed by atoms with Crippen LogP contribution in [0.1, 0.15) is 12.8 Å². The zero-order valence-electron chi connectivity index (χ0n) is 9.67. The van der Waals surface area contributed by atoms with Crippen LogP contribution in [-0.4, -0.2) is 53.0 Å². The molecule has 0 aromatic heterocycles. The molecule has 0 spiro atoms. The molecule has 0 fully saturated rings. The summed E-state index contributed by atoms with van der Waals surface area (Å²) < 4.78 is 10.0. The predicted molar refractivity (Wildman–Crippen MR) is 58.9 cm³/mol. The highest BCUT2D eigenvalue weighted by atomic mass is 16.5. The third-order valence-corrected chi connectivity index (χ3v) is 1.83. The Morgan fingerprint density at radius 2 is 2.00 bits per heavy atom. The summed E-state index contributed by atoms with van der Waals surface area (Å²) >= 11 is 0. The topological polar surface area (TPSA) is 59.6 Å². The van der Waals surface area contributed by atoms with Crippen molar-refractivity contribution < 1.29 is 14.3 Å². The summed E-state index contributed by atoms with van der Waals surface area (Å²) in [5.74, 6) is 0.0839. The number of carbonyl (C=O) groups is 1. The number of rotatable bonds is 10. The SMILES string of the molecule is CNCCCC(=O)NCCOCCOC. The van der Waals surface area contributed by atoms with Crippen molar-refractivity contribution in [2.24, 2.45) is 0 Å². The Balaban J connectivity index is 3.10. The third kappa shape index (κ3) is 11.3. The van der Waals surface area contributed by atoms with E-state index >= 15 is 0 Å². The number of ether oxygens (including phenoxy) is 2. The highest BCUT2D eigenvalue weighted by Crippen LogP contribution is 1.86. The largest absolute Gasteiger partial charge is 0.382 e. The zero-order chi connectivity index (χ0) is 11.4. The number of carbonyl (C=O) groups excluding carboxylic acids is 1. The number of hydrogen-bond acceptors (Lipinski definition) is 4. The molecule has 2 N–H and O–H groups in total. The summed E-state index contributed by atoms with van der Waals surface area (Å²) in [6.07, 6.45) is 1.44. The van der Waals surface area contributed by atoms with E-state index in [4.69, 9.17) is 9.47 Å². The van der Waals surface area contributed by atoms with Gasteiger partial charge < -0.3 is 20.1 Å². The molecule has 0 radical (unpaired) electrons. The van der Waals surface area contributed by atoms with E-state index in [1.807, 2.05) is 7.05 Å². The molecule has 0 atom stereocenters. The summed E-state index contributed by atoms with van der Waals surface area (Å²) in [6, 6.07) is 0. The molecule has 0 aliphatic carbocycles. The Morgan fingerprint density at radius 3 is 2.67 bits per heavy atom. The quantitative estimate of drug-likeness (QED) is 0.497. The van der Waals surface area contributed by atoms with Crippen LogP contribution in [-0.2, 0) is 14.3 Å². The Morgan fingerprint density at radius 1 is 1.20 bits per heavy atom. The Kier molecular flexibility index (Phi) is 10.9. The second-order valence-corrected chi connectivity index (χ2v) is 3.16. The van der Waals surface area contributed by atoms with Crippen molar-refractivity contribution in [1.29, 1.82) is 0 Å². The van der Waals surface area contributed by atoms with E-state index in [2.05, 4.69) is 10.6 Å². The van der Waals surface area contributed by atoms with E-state index in [-0.39, 0.29) is 5.91 Å². The number of hydrogen-bond donors (Lipinski definition) is 2. The van der Waals surface area contributed by atoms with Crippen LogP contribution in [0.25, 0.3) is 0 Å². The summed E-state index contributed by atoms with van der Waals surface area (Å²) in [7, 11) is 3.51. The molecule has 5 heteroatoms. The van der Waals surface area contributed by atoms with Crippen LogP contribution in [0.3, 0.4) is 0 Å². The van der Waals surface area contributed by atoms with E-state index in [1.165, 1.54) is 0 Å². The highest BCUT2D eigenvalue weighted by Gasteiger charge is 1.98. The lowest BCUT2D eigenvalue weighted by Crippen LogP contribution is -2.28. The maximum absolute atomic E-state index is 11.2. The van der Waals surface area contributed by atoms with Crippen molar-refractivity contribution in [2.75, 3.05) is 47.1 Å². The molecular formula is C10H22N2O3. The van der Waals surface area contributed by atoms with Crippen molar-refractivity contribution in [3.05, 3.63) is 0 Å². The van der Waals surface area contributed by atoms with Gasteiger partial charge in [-0.15, -0.1) is 0 Å². The molecule has 0 aliphatic heterocycles. The fourth-order valence-electron chi connectivity index (χ4n) is 1.02. The summed E-state index contributed by atoms with van der Waals surface area (Å²) in [6.45, 7) is 3.16. The fraction of sp³-hybridized carbons (Fsp3) is 0.900. The van der Waals surface area contributed by atoms with E-state index in [1.54, 1.807) is 7.11 Å². The van der Waals surface area contributed by atoms with Gasteiger partial charge in [0.15, 0.2) is 0 Å². The first-order chi connectivity index (χ1) is 7.31. The fourth-order valence-corrected chi connectivity index (χ4v) is 1.02. The molecule has 0 aromatic carbocycles. The van der Waals surface area contributed by atoms with Gasteiger partial charge in [0.25, 0.3) is 0 Å². The minimum absolute atomic E-state index is 0.0839. The second kappa shape index (κ2) is 11.4. The lowest BCUT2D eigenvalue weighted by atomic mass is 10.3. The van der Waals surface area contributed by atoms with Crippen LogP contribution in [0, 0.1) is 0 Å². The lowest BCUT2D eigenvalue weighted by Gasteiger charge is -2.05. The lowest BCUT2D eigenvalue weighted by molar-refractivity contribution is -0.121. The van der Waals surface area contributed by atoms with Crippen molar-refractivity contribution in [1.82, 2.24) is 10.6 Å². The molecule has 0 unspecified atom stereocenters. The van der Waals surface area contributed by atoms with Gasteiger partial charge in [0.05, 0.1) is 19.8 Å². The van der Waals surface area contributed by atoms with Gasteiger partial charge in [0.2, 0.25) is 5.91 Å². The van der Waals surface area contributed by atoms with Gasteiger partial charge in [-0.25, -0.2) is 0 Å². The summed E-state index contributed by atoms with van der Waals surface area (Å²) in [5, 5.41) is 5.78. The average Bonchev–Trinajstić information content (AvgIpc) is 2.23. The summed E-state index contributed by atoms with van der Waals surface area (Å²) in [5.41, 5.74) is 0. The molecule has 1 amide bonds. The second-order valence-electron chi connectivity index (χ2n) is 3.16. The van der Waals surface area contributed by atoms with Crippen molar-refractivity contribution in [3.63, 3.8) is 0 Å². The molecule has 0 saturated heterocycles. The molecule has 5 nitrogen and oxygen atoms in total. The molecule has 0 heterocycles. The zero-order valence-corrected chi connectivity index (χ0v) is 9.67. The van der Waals surface area contributed by atoms with Crippen LogP contribution >= 0.6 is 0 Å². The Hall–Kier alpha value is -0.650. The predicted octanol–water partition coefficient (Wildman–Crippen LogP) is -0.235. The monoisotopic (exact) mass is 218 g/mol. The molecule has 0 rings (SSSR count). The molecule has 0 aromatic rings. The van der Waals surface area contributed by atoms with Crippen molar-refractivity contribution in [3.8, 4) is 0 Å². The first-order valence-electron chi connectivity index (χ1n) is 5.29. The van der Waals surface area contributed by atoms with Gasteiger partial charge in [0, 0.05) is 20.1 Å². The van der Waals surface area contributed by atoms with Gasteiger partial charge in [-0.1, -0.05) is 0 Å². The van der Waals surface area contributed by atoms with Crippen LogP contribution in [0.15, 0.2) is 0 Å². The Bertz CT molecular complexity index is 154. The average molecular weight is 218 g/mol. The van der Waals surface area contributed by atoms with Gasteiger partial charge in [-0.3, -0.25) is 4.79 Å². The standard InChI is InChI=1S/C10H22N2O3/c1-11-5-3-4-10(13)12-6-7-15-9-8-14-2/h11H,3-9H2,1-2H3,(H,12,13). The maximum atomic E-state index is 11.2. The maximum Gasteiger partial charge on any atom is 0.220 e. The molecule has 90 valence electrons. The minimum atomic E-state index is 0.0839. The number of nitrogens with one attached hydrogen (secondary N) is 2. The highest BCUT2D eigenvalue weighted by molar-refractivity contribution is 5.75. The van der Waals surface area contributed by atoms with E-state index in [0.717, 1.165) is 13.0 Å². The first-order valence-corrected chi connectivity index (χ1v) is 5.29. The van der Waals surface area contributed by atoms with Gasteiger partial charge in [0.1, 0.15) is 0 Å². The smallest absolute Gasteiger partial charge is 0.220 e. The van der Waals surface area contributed by atoms with Crippen molar-refractivity contribution >= 4 is 5.91 Å². The molecule has 0 saturated carbocycles. The minimum Gasteiger partial charge on any atom is -0.382 e.